The van der Waals surface area contributed by atoms with Crippen LogP contribution in [0.3, 0.4) is 0 Å². The van der Waals surface area contributed by atoms with Crippen molar-refractivity contribution in [2.24, 2.45) is 0 Å². The van der Waals surface area contributed by atoms with Crippen molar-refractivity contribution in [1.29, 1.82) is 0 Å². The van der Waals surface area contributed by atoms with Gasteiger partial charge in [0, 0.05) is 6.07 Å². The maximum absolute atomic E-state index is 13.5. The van der Waals surface area contributed by atoms with Gasteiger partial charge in [0.15, 0.2) is 14.7 Å². The summed E-state index contributed by atoms with van der Waals surface area (Å²) in [6.45, 7) is 1.78. The fraction of sp³-hybridized carbons (Fsp3) is 0.0769. The Morgan fingerprint density at radius 3 is 1.60 bits per heavy atom. The van der Waals surface area contributed by atoms with Crippen LogP contribution in [0.4, 0.5) is 8.78 Å². The molecule has 0 saturated heterocycles. The van der Waals surface area contributed by atoms with Gasteiger partial charge in [-0.1, -0.05) is 36.4 Å². The highest BCUT2D eigenvalue weighted by Crippen LogP contribution is 2.32. The second kappa shape index (κ2) is 9.14. The molecule has 0 spiro atoms. The first-order valence-electron chi connectivity index (χ1n) is 9.67. The van der Waals surface area contributed by atoms with Crippen molar-refractivity contribution in [1.82, 2.24) is 0 Å². The normalized spacial score (nSPS) is 12.0. The summed E-state index contributed by atoms with van der Waals surface area (Å²) in [4.78, 5) is 3.64. The third kappa shape index (κ3) is 4.71. The van der Waals surface area contributed by atoms with Crippen LogP contribution >= 0.6 is 0 Å². The number of hydrogen-bond acceptors (Lipinski definition) is 1. The lowest BCUT2D eigenvalue weighted by molar-refractivity contribution is 0.225. The first kappa shape index (κ1) is 20.2. The van der Waals surface area contributed by atoms with Gasteiger partial charge in [0.05, 0.1) is 10.9 Å². The number of halogens is 2. The first-order valence-corrected chi connectivity index (χ1v) is 10.9. The molecular formula is C26H21F2OS+. The van der Waals surface area contributed by atoms with E-state index in [-0.39, 0.29) is 10.9 Å². The average molecular weight is 420 g/mol. The largest absolute Gasteiger partial charge is 0.486 e. The predicted molar refractivity (Wildman–Crippen MR) is 117 cm³/mol. The van der Waals surface area contributed by atoms with E-state index < -0.39 is 17.7 Å². The zero-order chi connectivity index (χ0) is 20.9. The molecule has 4 rings (SSSR count). The van der Waals surface area contributed by atoms with Gasteiger partial charge in [-0.15, -0.1) is 0 Å². The van der Waals surface area contributed by atoms with E-state index in [1.807, 2.05) is 24.3 Å². The lowest BCUT2D eigenvalue weighted by Crippen LogP contribution is -2.06. The van der Waals surface area contributed by atoms with Crippen molar-refractivity contribution in [3.63, 3.8) is 0 Å². The summed E-state index contributed by atoms with van der Waals surface area (Å²) >= 11 is 0. The van der Waals surface area contributed by atoms with Gasteiger partial charge < -0.3 is 4.74 Å². The van der Waals surface area contributed by atoms with Crippen molar-refractivity contribution in [2.75, 3.05) is 0 Å². The van der Waals surface area contributed by atoms with Crippen LogP contribution in [-0.4, -0.2) is 0 Å². The molecule has 1 unspecified atom stereocenters. The Hall–Kier alpha value is -3.11. The topological polar surface area (TPSA) is 9.23 Å². The molecule has 0 amide bonds. The summed E-state index contributed by atoms with van der Waals surface area (Å²) in [6.07, 6.45) is -0.470. The Kier molecular flexibility index (Phi) is 6.15. The molecule has 0 N–H and O–H groups in total. The highest BCUT2D eigenvalue weighted by atomic mass is 32.2. The van der Waals surface area contributed by atoms with Gasteiger partial charge >= 0.3 is 0 Å². The minimum atomic E-state index is -0.606. The zero-order valence-corrected chi connectivity index (χ0v) is 17.3. The summed E-state index contributed by atoms with van der Waals surface area (Å²) in [5.41, 5.74) is 0.463. The van der Waals surface area contributed by atoms with Crippen LogP contribution < -0.4 is 4.74 Å². The molecule has 1 atom stereocenters. The second-order valence-electron chi connectivity index (χ2n) is 6.87. The summed E-state index contributed by atoms with van der Waals surface area (Å²) in [5.74, 6) is -0.559. The van der Waals surface area contributed by atoms with E-state index in [2.05, 4.69) is 60.7 Å². The van der Waals surface area contributed by atoms with Crippen molar-refractivity contribution in [3.8, 4) is 5.75 Å². The van der Waals surface area contributed by atoms with Crippen LogP contribution in [0.25, 0.3) is 0 Å². The van der Waals surface area contributed by atoms with Crippen molar-refractivity contribution < 1.29 is 13.5 Å². The summed E-state index contributed by atoms with van der Waals surface area (Å²) in [7, 11) is -0.232. The Balaban J connectivity index is 1.59. The molecule has 0 heterocycles. The Labute approximate surface area is 178 Å². The molecule has 1 nitrogen and oxygen atoms in total. The lowest BCUT2D eigenvalue weighted by Gasteiger charge is -2.16. The van der Waals surface area contributed by atoms with Crippen LogP contribution in [0.1, 0.15) is 18.6 Å². The van der Waals surface area contributed by atoms with E-state index >= 15 is 0 Å². The third-order valence-corrected chi connectivity index (χ3v) is 6.92. The number of rotatable bonds is 6. The Bertz CT molecular complexity index is 1040. The molecule has 0 aliphatic rings. The molecule has 30 heavy (non-hydrogen) atoms. The van der Waals surface area contributed by atoms with E-state index in [1.165, 1.54) is 26.8 Å². The maximum atomic E-state index is 13.5. The second-order valence-corrected chi connectivity index (χ2v) is 8.89. The highest BCUT2D eigenvalue weighted by molar-refractivity contribution is 7.97. The zero-order valence-electron chi connectivity index (χ0n) is 16.5. The molecule has 150 valence electrons. The quantitative estimate of drug-likeness (QED) is 0.300. The van der Waals surface area contributed by atoms with E-state index in [0.717, 1.165) is 6.07 Å². The van der Waals surface area contributed by atoms with Gasteiger partial charge in [0.25, 0.3) is 0 Å². The van der Waals surface area contributed by atoms with Crippen LogP contribution in [0.15, 0.2) is 118 Å². The summed E-state index contributed by atoms with van der Waals surface area (Å²) in [6, 6.07) is 32.2. The van der Waals surface area contributed by atoms with Crippen molar-refractivity contribution in [3.05, 3.63) is 120 Å². The fourth-order valence-electron chi connectivity index (χ4n) is 3.26. The number of hydrogen-bond donors (Lipinski definition) is 0. The molecule has 0 aliphatic heterocycles. The van der Waals surface area contributed by atoms with E-state index in [9.17, 15) is 8.78 Å². The van der Waals surface area contributed by atoms with Gasteiger partial charge in [-0.3, -0.25) is 0 Å². The lowest BCUT2D eigenvalue weighted by atomic mass is 10.1. The van der Waals surface area contributed by atoms with Gasteiger partial charge in [-0.2, -0.15) is 0 Å². The molecule has 0 aromatic heterocycles. The molecule has 0 aliphatic carbocycles. The Morgan fingerprint density at radius 2 is 1.10 bits per heavy atom. The summed E-state index contributed by atoms with van der Waals surface area (Å²) in [5, 5.41) is 0. The Morgan fingerprint density at radius 1 is 0.633 bits per heavy atom. The molecule has 0 fully saturated rings. The molecular weight excluding hydrogens is 398 g/mol. The van der Waals surface area contributed by atoms with Crippen molar-refractivity contribution in [2.45, 2.75) is 27.7 Å². The number of ether oxygens (including phenoxy) is 1. The van der Waals surface area contributed by atoms with Crippen LogP contribution in [0.2, 0.25) is 0 Å². The molecule has 0 saturated carbocycles. The average Bonchev–Trinajstić information content (AvgIpc) is 2.76. The maximum Gasteiger partial charge on any atom is 0.166 e. The minimum absolute atomic E-state index is 0.232. The molecule has 4 aromatic carbocycles. The third-order valence-electron chi connectivity index (χ3n) is 4.68. The number of benzene rings is 4. The molecule has 4 aromatic rings. The van der Waals surface area contributed by atoms with Gasteiger partial charge in [0.1, 0.15) is 23.5 Å². The molecule has 0 radical (unpaired) electrons. The van der Waals surface area contributed by atoms with Crippen LogP contribution in [-0.2, 0) is 10.9 Å². The highest BCUT2D eigenvalue weighted by Gasteiger charge is 2.28. The van der Waals surface area contributed by atoms with E-state index in [1.54, 1.807) is 6.92 Å². The van der Waals surface area contributed by atoms with E-state index in [4.69, 9.17) is 4.74 Å². The minimum Gasteiger partial charge on any atom is -0.486 e. The summed E-state index contributed by atoms with van der Waals surface area (Å²) < 4.78 is 32.9. The standard InChI is InChI=1S/C26H21F2OS/c1-19(20-16-21(27)18-22(28)17-20)29-23-12-14-26(15-13-23)30(24-8-4-2-5-9-24)25-10-6-3-7-11-25/h2-19H,1H3/q+1. The molecule has 4 heteroatoms. The smallest absolute Gasteiger partial charge is 0.166 e. The first-order chi connectivity index (χ1) is 14.6. The van der Waals surface area contributed by atoms with Crippen LogP contribution in [0.5, 0.6) is 5.75 Å². The van der Waals surface area contributed by atoms with Gasteiger partial charge in [-0.25, -0.2) is 8.78 Å². The fourth-order valence-corrected chi connectivity index (χ4v) is 5.34. The monoisotopic (exact) mass is 419 g/mol. The van der Waals surface area contributed by atoms with Gasteiger partial charge in [0.2, 0.25) is 0 Å². The SMILES string of the molecule is CC(Oc1ccc([S+](c2ccccc2)c2ccccc2)cc1)c1cc(F)cc(F)c1. The van der Waals surface area contributed by atoms with E-state index in [0.29, 0.717) is 11.3 Å². The van der Waals surface area contributed by atoms with Crippen LogP contribution in [0, 0.1) is 11.6 Å². The molecule has 0 bridgehead atoms. The predicted octanol–water partition coefficient (Wildman–Crippen LogP) is 7.20. The van der Waals surface area contributed by atoms with Gasteiger partial charge in [-0.05, 0) is 73.2 Å². The van der Waals surface area contributed by atoms with Crippen molar-refractivity contribution >= 4 is 10.9 Å².